The van der Waals surface area contributed by atoms with Crippen LogP contribution in [0.15, 0.2) is 40.9 Å². The molecule has 2 aromatic carbocycles. The molecular weight excluding hydrogens is 561 g/mol. The van der Waals surface area contributed by atoms with Crippen LogP contribution in [0.4, 0.5) is 5.13 Å². The molecule has 1 unspecified atom stereocenters. The Labute approximate surface area is 237 Å². The summed E-state index contributed by atoms with van der Waals surface area (Å²) < 4.78 is 17.6. The lowest BCUT2D eigenvalue weighted by Crippen LogP contribution is -2.39. The van der Waals surface area contributed by atoms with Gasteiger partial charge in [-0.15, -0.1) is 0 Å². The van der Waals surface area contributed by atoms with Crippen molar-refractivity contribution < 1.29 is 23.6 Å². The zero-order valence-corrected chi connectivity index (χ0v) is 23.2. The van der Waals surface area contributed by atoms with E-state index in [1.54, 1.807) is 35.6 Å². The average molecular weight is 584 g/mol. The Bertz CT molecular complexity index is 1610. The number of carbonyl (C=O) groups excluding carboxylic acids is 2. The van der Waals surface area contributed by atoms with Gasteiger partial charge in [0.2, 0.25) is 0 Å². The summed E-state index contributed by atoms with van der Waals surface area (Å²) >= 11 is 14.5. The Kier molecular flexibility index (Phi) is 6.06. The van der Waals surface area contributed by atoms with Gasteiger partial charge in [0, 0.05) is 36.4 Å². The Morgan fingerprint density at radius 2 is 1.90 bits per heavy atom. The maximum absolute atomic E-state index is 13.6. The van der Waals surface area contributed by atoms with Crippen LogP contribution in [0.25, 0.3) is 21.5 Å². The van der Waals surface area contributed by atoms with Gasteiger partial charge in [-0.2, -0.15) is 0 Å². The third-order valence-electron chi connectivity index (χ3n) is 7.85. The number of carbonyl (C=O) groups is 2. The highest BCUT2D eigenvalue weighted by atomic mass is 35.5. The number of methoxy groups -OCH3 is 1. The Morgan fingerprint density at radius 3 is 2.59 bits per heavy atom. The number of nitrogens with zero attached hydrogens (tertiary/aromatic N) is 3. The molecule has 2 saturated carbocycles. The Balaban J connectivity index is 1.10. The second-order valence-corrected chi connectivity index (χ2v) is 12.1. The zero-order chi connectivity index (χ0) is 26.8. The summed E-state index contributed by atoms with van der Waals surface area (Å²) in [6, 6.07) is 10.8. The predicted molar refractivity (Wildman–Crippen MR) is 148 cm³/mol. The quantitative estimate of drug-likeness (QED) is 0.230. The summed E-state index contributed by atoms with van der Waals surface area (Å²) in [5, 5.41) is 5.93. The highest BCUT2D eigenvalue weighted by Gasteiger charge is 2.48. The number of rotatable bonds is 6. The minimum atomic E-state index is -0.441. The molecule has 2 aromatic heterocycles. The number of benzene rings is 2. The molecular formula is C28H23Cl2N3O5S. The van der Waals surface area contributed by atoms with E-state index in [2.05, 4.69) is 10.1 Å². The lowest BCUT2D eigenvalue weighted by atomic mass is 10.0. The molecule has 0 N–H and O–H groups in total. The number of hydrogen-bond acceptors (Lipinski definition) is 9. The molecule has 2 bridgehead atoms. The maximum atomic E-state index is 13.6. The van der Waals surface area contributed by atoms with E-state index in [1.165, 1.54) is 7.11 Å². The number of piperidine rings is 1. The highest BCUT2D eigenvalue weighted by Crippen LogP contribution is 2.48. The standard InChI is InChI=1S/C28H23Cl2N3O5S/c1-36-26(34)14-7-8-19-21(10-14)39-28(31-19)33-12-15-9-16(33)11-20(15)37-27(35)23-24(32-38-25(23)13-5-6-13)22-17(29)3-2-4-18(22)30/h2-4,7-8,10,13,15-16,20H,5-6,9,11-12H2,1H3/t15-,16-,20?/m0/s1. The maximum Gasteiger partial charge on any atom is 0.344 e. The first-order valence-electron chi connectivity index (χ1n) is 12.8. The van der Waals surface area contributed by atoms with E-state index >= 15 is 0 Å². The van der Waals surface area contributed by atoms with Crippen LogP contribution in [0.5, 0.6) is 0 Å². The molecule has 4 aromatic rings. The lowest BCUT2D eigenvalue weighted by Gasteiger charge is -2.31. The first kappa shape index (κ1) is 24.9. The average Bonchev–Trinajstić information content (AvgIpc) is 3.25. The van der Waals surface area contributed by atoms with Crippen LogP contribution in [-0.4, -0.2) is 47.9 Å². The van der Waals surface area contributed by atoms with E-state index in [0.717, 1.165) is 41.2 Å². The molecule has 11 heteroatoms. The molecule has 7 rings (SSSR count). The predicted octanol–water partition coefficient (Wildman–Crippen LogP) is 6.75. The summed E-state index contributed by atoms with van der Waals surface area (Å²) in [6.07, 6.45) is 3.31. The number of ether oxygens (including phenoxy) is 2. The van der Waals surface area contributed by atoms with Gasteiger partial charge in [0.25, 0.3) is 0 Å². The van der Waals surface area contributed by atoms with Crippen LogP contribution in [0.1, 0.15) is 58.1 Å². The van der Waals surface area contributed by atoms with Crippen molar-refractivity contribution in [3.05, 3.63) is 63.3 Å². The van der Waals surface area contributed by atoms with Crippen molar-refractivity contribution in [3.63, 3.8) is 0 Å². The molecule has 1 aliphatic heterocycles. The molecule has 3 heterocycles. The molecule has 2 aliphatic carbocycles. The summed E-state index contributed by atoms with van der Waals surface area (Å²) in [6.45, 7) is 0.745. The van der Waals surface area contributed by atoms with Gasteiger partial charge in [0.15, 0.2) is 10.9 Å². The van der Waals surface area contributed by atoms with E-state index in [9.17, 15) is 9.59 Å². The van der Waals surface area contributed by atoms with Crippen LogP contribution in [0, 0.1) is 5.92 Å². The van der Waals surface area contributed by atoms with Crippen molar-refractivity contribution in [3.8, 4) is 11.3 Å². The number of anilines is 1. The smallest absolute Gasteiger partial charge is 0.344 e. The van der Waals surface area contributed by atoms with Gasteiger partial charge in [0.1, 0.15) is 17.4 Å². The van der Waals surface area contributed by atoms with Crippen molar-refractivity contribution in [1.29, 1.82) is 0 Å². The molecule has 0 amide bonds. The van der Waals surface area contributed by atoms with Gasteiger partial charge in [-0.1, -0.05) is 45.8 Å². The van der Waals surface area contributed by atoms with Crippen LogP contribution >= 0.6 is 34.5 Å². The molecule has 3 atom stereocenters. The molecule has 3 aliphatic rings. The van der Waals surface area contributed by atoms with Crippen LogP contribution in [0.2, 0.25) is 10.0 Å². The second-order valence-electron chi connectivity index (χ2n) is 10.3. The van der Waals surface area contributed by atoms with E-state index in [-0.39, 0.29) is 30.0 Å². The van der Waals surface area contributed by atoms with E-state index < -0.39 is 5.97 Å². The number of esters is 2. The van der Waals surface area contributed by atoms with E-state index in [4.69, 9.17) is 42.2 Å². The Hall–Kier alpha value is -3.14. The fourth-order valence-corrected chi connectivity index (χ4v) is 7.44. The number of aromatic nitrogens is 2. The van der Waals surface area contributed by atoms with Crippen molar-refractivity contribution in [1.82, 2.24) is 10.1 Å². The third-order valence-corrected chi connectivity index (χ3v) is 9.53. The molecule has 3 fully saturated rings. The minimum Gasteiger partial charge on any atom is -0.465 e. The van der Waals surface area contributed by atoms with Crippen molar-refractivity contribution in [2.75, 3.05) is 18.6 Å². The SMILES string of the molecule is COC(=O)c1ccc2nc(N3C[C@@H]4C[C@H]3CC4OC(=O)c3c(-c4c(Cl)cccc4Cl)noc3C3CC3)sc2c1. The third kappa shape index (κ3) is 4.27. The normalized spacial score (nSPS) is 22.0. The topological polar surface area (TPSA) is 94.8 Å². The first-order valence-corrected chi connectivity index (χ1v) is 14.4. The fourth-order valence-electron chi connectivity index (χ4n) is 5.78. The zero-order valence-electron chi connectivity index (χ0n) is 20.9. The van der Waals surface area contributed by atoms with Crippen molar-refractivity contribution in [2.24, 2.45) is 5.92 Å². The van der Waals surface area contributed by atoms with Gasteiger partial charge >= 0.3 is 11.9 Å². The molecule has 0 radical (unpaired) electrons. The second kappa shape index (κ2) is 9.50. The summed E-state index contributed by atoms with van der Waals surface area (Å²) in [7, 11) is 1.37. The van der Waals surface area contributed by atoms with Gasteiger partial charge in [-0.05, 0) is 49.6 Å². The Morgan fingerprint density at radius 1 is 1.10 bits per heavy atom. The molecule has 39 heavy (non-hydrogen) atoms. The molecule has 0 spiro atoms. The lowest BCUT2D eigenvalue weighted by molar-refractivity contribution is 0.0191. The summed E-state index contributed by atoms with van der Waals surface area (Å²) in [4.78, 5) is 32.6. The number of thiazole rings is 1. The van der Waals surface area contributed by atoms with Crippen molar-refractivity contribution >= 4 is 61.8 Å². The van der Waals surface area contributed by atoms with Gasteiger partial charge in [-0.25, -0.2) is 14.6 Å². The fraction of sp³-hybridized carbons (Fsp3) is 0.357. The number of halogens is 2. The largest absolute Gasteiger partial charge is 0.465 e. The van der Waals surface area contributed by atoms with Crippen LogP contribution in [-0.2, 0) is 9.47 Å². The molecule has 1 saturated heterocycles. The van der Waals surface area contributed by atoms with E-state index in [1.807, 2.05) is 12.1 Å². The first-order chi connectivity index (χ1) is 18.9. The highest BCUT2D eigenvalue weighted by molar-refractivity contribution is 7.22. The van der Waals surface area contributed by atoms with Crippen LogP contribution < -0.4 is 4.90 Å². The molecule has 8 nitrogen and oxygen atoms in total. The van der Waals surface area contributed by atoms with Gasteiger partial charge < -0.3 is 18.9 Å². The summed E-state index contributed by atoms with van der Waals surface area (Å²) in [5.41, 5.74) is 2.50. The minimum absolute atomic E-state index is 0.157. The number of fused-ring (bicyclic) bond motifs is 3. The van der Waals surface area contributed by atoms with Crippen molar-refractivity contribution in [2.45, 2.75) is 43.7 Å². The molecule has 200 valence electrons. The van der Waals surface area contributed by atoms with E-state index in [0.29, 0.717) is 44.6 Å². The monoisotopic (exact) mass is 583 g/mol. The van der Waals surface area contributed by atoms with Gasteiger partial charge in [-0.3, -0.25) is 0 Å². The number of hydrogen-bond donors (Lipinski definition) is 0. The summed E-state index contributed by atoms with van der Waals surface area (Å²) in [5.74, 6) is 0.0898. The van der Waals surface area contributed by atoms with Crippen LogP contribution in [0.3, 0.4) is 0 Å². The van der Waals surface area contributed by atoms with Gasteiger partial charge in [0.05, 0.1) is 32.9 Å².